The van der Waals surface area contributed by atoms with Crippen LogP contribution in [0.5, 0.6) is 5.75 Å². The van der Waals surface area contributed by atoms with Gasteiger partial charge in [0, 0.05) is 36.1 Å². The van der Waals surface area contributed by atoms with Crippen molar-refractivity contribution in [2.75, 3.05) is 6.54 Å². The Balaban J connectivity index is 1.08. The molecule has 7 nitrogen and oxygen atoms in total. The van der Waals surface area contributed by atoms with Crippen LogP contribution in [0.4, 0.5) is 8.78 Å². The standard InChI is InChI=1S/C28H25F2N5O2/c29-24-12-21(13-25(30)27(24)36)28(37)31-15-17-1-5-22(6-2-17)35-16-20-4-3-18(14-26(20)33-35)19-8-10-34-23(11-19)7-9-32-34/h3-4,7-14,16-17,22,36H,1-2,5-6,15H2,(H,31,37)/t17-,22-. The number of aromatic hydroxyl groups is 1. The molecule has 0 aliphatic heterocycles. The molecular weight excluding hydrogens is 476 g/mol. The fourth-order valence-electron chi connectivity index (χ4n) is 5.15. The third-order valence-corrected chi connectivity index (χ3v) is 7.28. The maximum atomic E-state index is 13.5. The first-order valence-electron chi connectivity index (χ1n) is 12.3. The maximum absolute atomic E-state index is 13.5. The average Bonchev–Trinajstić information content (AvgIpc) is 3.56. The summed E-state index contributed by atoms with van der Waals surface area (Å²) in [5, 5.41) is 22.2. The van der Waals surface area contributed by atoms with E-state index < -0.39 is 23.3 Å². The molecule has 1 fully saturated rings. The summed E-state index contributed by atoms with van der Waals surface area (Å²) in [7, 11) is 0. The van der Waals surface area contributed by atoms with Crippen molar-refractivity contribution in [1.82, 2.24) is 24.7 Å². The number of nitrogens with one attached hydrogen (secondary N) is 1. The second kappa shape index (κ2) is 9.31. The van der Waals surface area contributed by atoms with E-state index in [2.05, 4.69) is 45.6 Å². The number of fused-ring (bicyclic) bond motifs is 2. The van der Waals surface area contributed by atoms with E-state index in [9.17, 15) is 18.7 Å². The quantitative estimate of drug-likeness (QED) is 0.333. The first-order valence-corrected chi connectivity index (χ1v) is 12.3. The number of pyridine rings is 1. The van der Waals surface area contributed by atoms with E-state index in [1.165, 1.54) is 0 Å². The third-order valence-electron chi connectivity index (χ3n) is 7.28. The van der Waals surface area contributed by atoms with E-state index in [1.807, 2.05) is 22.8 Å². The minimum absolute atomic E-state index is 0.144. The van der Waals surface area contributed by atoms with Gasteiger partial charge in [0.2, 0.25) is 0 Å². The summed E-state index contributed by atoms with van der Waals surface area (Å²) in [5.41, 5.74) is 4.07. The van der Waals surface area contributed by atoms with Crippen molar-refractivity contribution in [3.05, 3.63) is 84.3 Å². The Labute approximate surface area is 211 Å². The van der Waals surface area contributed by atoms with Crippen molar-refractivity contribution in [3.63, 3.8) is 0 Å². The Bertz CT molecular complexity index is 1590. The van der Waals surface area contributed by atoms with E-state index in [0.717, 1.165) is 65.4 Å². The van der Waals surface area contributed by atoms with E-state index in [4.69, 9.17) is 5.10 Å². The molecule has 37 heavy (non-hydrogen) atoms. The van der Waals surface area contributed by atoms with Crippen LogP contribution in [-0.2, 0) is 0 Å². The van der Waals surface area contributed by atoms with Gasteiger partial charge in [0.1, 0.15) is 0 Å². The molecule has 5 aromatic rings. The van der Waals surface area contributed by atoms with E-state index in [-0.39, 0.29) is 17.5 Å². The lowest BCUT2D eigenvalue weighted by Gasteiger charge is -2.28. The number of nitrogens with zero attached hydrogens (tertiary/aromatic N) is 4. The number of amides is 1. The lowest BCUT2D eigenvalue weighted by molar-refractivity contribution is 0.0940. The molecule has 9 heteroatoms. The Hall–Kier alpha value is -4.27. The SMILES string of the molecule is O=C(NC[C@H]1CC[C@H](n2cc3ccc(-c4ccn5nccc5c4)cc3n2)CC1)c1cc(F)c(O)c(F)c1. The van der Waals surface area contributed by atoms with Crippen LogP contribution in [0.3, 0.4) is 0 Å². The molecule has 0 radical (unpaired) electrons. The number of aromatic nitrogens is 4. The molecular formula is C28H25F2N5O2. The zero-order valence-electron chi connectivity index (χ0n) is 19.9. The zero-order valence-corrected chi connectivity index (χ0v) is 19.9. The predicted octanol–water partition coefficient (Wildman–Crippen LogP) is 5.50. The fraction of sp³-hybridized carbons (Fsp3) is 0.250. The molecule has 0 saturated heterocycles. The Kier molecular flexibility index (Phi) is 5.82. The summed E-state index contributed by atoms with van der Waals surface area (Å²) in [5.74, 6) is -3.65. The number of hydrogen-bond acceptors (Lipinski definition) is 4. The highest BCUT2D eigenvalue weighted by Crippen LogP contribution is 2.33. The highest BCUT2D eigenvalue weighted by Gasteiger charge is 2.24. The molecule has 6 rings (SSSR count). The van der Waals surface area contributed by atoms with Crippen LogP contribution >= 0.6 is 0 Å². The van der Waals surface area contributed by atoms with E-state index in [0.29, 0.717) is 6.54 Å². The van der Waals surface area contributed by atoms with Crippen molar-refractivity contribution >= 4 is 22.3 Å². The van der Waals surface area contributed by atoms with Crippen molar-refractivity contribution in [3.8, 4) is 16.9 Å². The largest absolute Gasteiger partial charge is 0.503 e. The minimum atomic E-state index is -1.15. The first-order chi connectivity index (χ1) is 17.9. The summed E-state index contributed by atoms with van der Waals surface area (Å²) >= 11 is 0. The van der Waals surface area contributed by atoms with Crippen LogP contribution < -0.4 is 5.32 Å². The number of hydrogen-bond donors (Lipinski definition) is 2. The van der Waals surface area contributed by atoms with Crippen LogP contribution in [0.2, 0.25) is 0 Å². The maximum Gasteiger partial charge on any atom is 0.251 e. The van der Waals surface area contributed by atoms with Gasteiger partial charge < -0.3 is 10.4 Å². The highest BCUT2D eigenvalue weighted by molar-refractivity contribution is 5.94. The molecule has 2 aromatic carbocycles. The average molecular weight is 502 g/mol. The van der Waals surface area contributed by atoms with E-state index in [1.54, 1.807) is 6.20 Å². The van der Waals surface area contributed by atoms with Crippen molar-refractivity contribution in [1.29, 1.82) is 0 Å². The van der Waals surface area contributed by atoms with Crippen LogP contribution in [0.25, 0.3) is 27.5 Å². The number of rotatable bonds is 5. The zero-order chi connectivity index (χ0) is 25.5. The van der Waals surface area contributed by atoms with Gasteiger partial charge in [-0.15, -0.1) is 0 Å². The van der Waals surface area contributed by atoms with Gasteiger partial charge in [-0.2, -0.15) is 10.2 Å². The number of phenols is 1. The van der Waals surface area contributed by atoms with Gasteiger partial charge in [-0.25, -0.2) is 13.3 Å². The van der Waals surface area contributed by atoms with Gasteiger partial charge in [0.15, 0.2) is 17.4 Å². The molecule has 1 aliphatic rings. The number of phenolic OH excluding ortho intramolecular Hbond substituents is 1. The van der Waals surface area contributed by atoms with Crippen molar-refractivity contribution in [2.24, 2.45) is 5.92 Å². The third kappa shape index (κ3) is 4.52. The topological polar surface area (TPSA) is 84.5 Å². The summed E-state index contributed by atoms with van der Waals surface area (Å²) in [6.07, 6.45) is 9.52. The lowest BCUT2D eigenvalue weighted by atomic mass is 9.86. The van der Waals surface area contributed by atoms with Gasteiger partial charge in [0.25, 0.3) is 5.91 Å². The van der Waals surface area contributed by atoms with Crippen molar-refractivity contribution < 1.29 is 18.7 Å². The summed E-state index contributed by atoms with van der Waals surface area (Å²) in [4.78, 5) is 12.3. The Morgan fingerprint density at radius 3 is 2.54 bits per heavy atom. The fourth-order valence-corrected chi connectivity index (χ4v) is 5.15. The van der Waals surface area contributed by atoms with Gasteiger partial charge in [-0.05, 0) is 79.1 Å². The molecule has 3 aromatic heterocycles. The molecule has 1 amide bonds. The van der Waals surface area contributed by atoms with E-state index >= 15 is 0 Å². The van der Waals surface area contributed by atoms with Gasteiger partial charge in [-0.3, -0.25) is 9.48 Å². The molecule has 0 atom stereocenters. The molecule has 0 unspecified atom stereocenters. The lowest BCUT2D eigenvalue weighted by Crippen LogP contribution is -2.31. The van der Waals surface area contributed by atoms with Gasteiger partial charge >= 0.3 is 0 Å². The smallest absolute Gasteiger partial charge is 0.251 e. The molecule has 2 N–H and O–H groups in total. The molecule has 3 heterocycles. The Morgan fingerprint density at radius 2 is 1.76 bits per heavy atom. The Morgan fingerprint density at radius 1 is 1.00 bits per heavy atom. The summed E-state index contributed by atoms with van der Waals surface area (Å²) in [6, 6.07) is 14.4. The van der Waals surface area contributed by atoms with Crippen LogP contribution in [-0.4, -0.2) is 37.0 Å². The number of benzene rings is 2. The second-order valence-electron chi connectivity index (χ2n) is 9.67. The predicted molar refractivity (Wildman–Crippen MR) is 135 cm³/mol. The molecule has 1 aliphatic carbocycles. The van der Waals surface area contributed by atoms with Crippen LogP contribution in [0.15, 0.2) is 67.1 Å². The summed E-state index contributed by atoms with van der Waals surface area (Å²) in [6.45, 7) is 0.432. The monoisotopic (exact) mass is 501 g/mol. The number of carbonyl (C=O) groups is 1. The van der Waals surface area contributed by atoms with Gasteiger partial charge in [0.05, 0.1) is 17.1 Å². The van der Waals surface area contributed by atoms with Gasteiger partial charge in [-0.1, -0.05) is 12.1 Å². The van der Waals surface area contributed by atoms with Crippen LogP contribution in [0.1, 0.15) is 42.1 Å². The molecule has 0 bridgehead atoms. The molecule has 0 spiro atoms. The summed E-state index contributed by atoms with van der Waals surface area (Å²) < 4.78 is 31.0. The number of carbonyl (C=O) groups excluding carboxylic acids is 1. The molecule has 188 valence electrons. The van der Waals surface area contributed by atoms with Crippen molar-refractivity contribution in [2.45, 2.75) is 31.7 Å². The normalized spacial score (nSPS) is 17.9. The first kappa shape index (κ1) is 23.1. The van der Waals surface area contributed by atoms with Crippen LogP contribution in [0, 0.1) is 17.6 Å². The highest BCUT2D eigenvalue weighted by atomic mass is 19.1. The second-order valence-corrected chi connectivity index (χ2v) is 9.67. The molecule has 1 saturated carbocycles. The minimum Gasteiger partial charge on any atom is -0.503 e. The number of halogens is 2.